The Labute approximate surface area is 113 Å². The van der Waals surface area contributed by atoms with Gasteiger partial charge in [0.1, 0.15) is 11.6 Å². The number of hydrogen-bond acceptors (Lipinski definition) is 2. The maximum atomic E-state index is 12.5. The van der Waals surface area contributed by atoms with Gasteiger partial charge in [-0.3, -0.25) is 14.5 Å². The molecule has 1 N–H and O–H groups in total. The summed E-state index contributed by atoms with van der Waals surface area (Å²) in [5.74, 6) is -0.195. The minimum Gasteiger partial charge on any atom is -0.340 e. The van der Waals surface area contributed by atoms with Crippen LogP contribution in [0.25, 0.3) is 0 Å². The van der Waals surface area contributed by atoms with E-state index in [9.17, 15) is 9.59 Å². The number of carbonyl (C=O) groups is 2. The topological polar surface area (TPSA) is 49.4 Å². The average molecular weight is 260 g/mol. The first-order chi connectivity index (χ1) is 8.86. The molecule has 4 heteroatoms. The molecular weight excluding hydrogens is 240 g/mol. The van der Waals surface area contributed by atoms with E-state index in [1.54, 1.807) is 25.7 Å². The zero-order chi connectivity index (χ0) is 14.2. The number of hydrogen-bond donors (Lipinski definition) is 1. The van der Waals surface area contributed by atoms with Crippen molar-refractivity contribution >= 4 is 17.5 Å². The Kier molecular flexibility index (Phi) is 3.35. The van der Waals surface area contributed by atoms with Crippen LogP contribution < -0.4 is 10.2 Å². The van der Waals surface area contributed by atoms with E-state index in [2.05, 4.69) is 12.2 Å². The fourth-order valence-corrected chi connectivity index (χ4v) is 2.33. The van der Waals surface area contributed by atoms with Gasteiger partial charge < -0.3 is 5.32 Å². The summed E-state index contributed by atoms with van der Waals surface area (Å²) >= 11 is 0. The fourth-order valence-electron chi connectivity index (χ4n) is 2.33. The number of nitrogens with zero attached hydrogens (tertiary/aromatic N) is 1. The summed E-state index contributed by atoms with van der Waals surface area (Å²) < 4.78 is 0. The molecule has 1 atom stereocenters. The van der Waals surface area contributed by atoms with E-state index in [4.69, 9.17) is 0 Å². The van der Waals surface area contributed by atoms with Crippen molar-refractivity contribution in [1.29, 1.82) is 0 Å². The first-order valence-corrected chi connectivity index (χ1v) is 6.61. The van der Waals surface area contributed by atoms with Crippen molar-refractivity contribution in [2.75, 3.05) is 4.90 Å². The third-order valence-electron chi connectivity index (χ3n) is 3.55. The molecule has 1 heterocycles. The maximum absolute atomic E-state index is 12.5. The predicted octanol–water partition coefficient (Wildman–Crippen LogP) is 1.88. The van der Waals surface area contributed by atoms with Crippen LogP contribution in [0.5, 0.6) is 0 Å². The minimum atomic E-state index is -0.855. The Morgan fingerprint density at radius 2 is 2.00 bits per heavy atom. The smallest absolute Gasteiger partial charge is 0.252 e. The lowest BCUT2D eigenvalue weighted by Gasteiger charge is -2.41. The zero-order valence-electron chi connectivity index (χ0n) is 11.9. The number of nitrogens with one attached hydrogen (secondary N) is 1. The Morgan fingerprint density at radius 3 is 2.63 bits per heavy atom. The molecule has 102 valence electrons. The van der Waals surface area contributed by atoms with Crippen molar-refractivity contribution in [2.45, 2.75) is 45.7 Å². The second-order valence-electron chi connectivity index (χ2n) is 5.49. The monoisotopic (exact) mass is 260 g/mol. The van der Waals surface area contributed by atoms with E-state index in [0.717, 1.165) is 17.7 Å². The van der Waals surface area contributed by atoms with E-state index < -0.39 is 11.6 Å². The third-order valence-corrected chi connectivity index (χ3v) is 3.55. The zero-order valence-corrected chi connectivity index (χ0v) is 11.9. The predicted molar refractivity (Wildman–Crippen MR) is 75.0 cm³/mol. The summed E-state index contributed by atoms with van der Waals surface area (Å²) in [5.41, 5.74) is 1.09. The molecule has 1 aliphatic heterocycles. The number of anilines is 1. The lowest BCUT2D eigenvalue weighted by atomic mass is 9.96. The van der Waals surface area contributed by atoms with Crippen LogP contribution in [0.4, 0.5) is 5.69 Å². The second kappa shape index (κ2) is 4.68. The van der Waals surface area contributed by atoms with Crippen LogP contribution in [0, 0.1) is 0 Å². The SMILES string of the molecule is CCc1cccc(N2C(=O)C(C)(C)NC(=O)C2C)c1. The number of aryl methyl sites for hydroxylation is 1. The van der Waals surface area contributed by atoms with Gasteiger partial charge in [-0.1, -0.05) is 19.1 Å². The summed E-state index contributed by atoms with van der Waals surface area (Å²) in [6, 6.07) is 7.32. The molecule has 1 aromatic rings. The van der Waals surface area contributed by atoms with Gasteiger partial charge in [0.15, 0.2) is 0 Å². The highest BCUT2D eigenvalue weighted by Gasteiger charge is 2.43. The molecule has 2 amide bonds. The first-order valence-electron chi connectivity index (χ1n) is 6.61. The molecule has 2 rings (SSSR count). The molecule has 0 bridgehead atoms. The van der Waals surface area contributed by atoms with Crippen LogP contribution in [0.2, 0.25) is 0 Å². The van der Waals surface area contributed by atoms with Gasteiger partial charge >= 0.3 is 0 Å². The molecule has 0 aliphatic carbocycles. The number of amides is 2. The van der Waals surface area contributed by atoms with Gasteiger partial charge in [-0.05, 0) is 44.9 Å². The minimum absolute atomic E-state index is 0.0761. The Balaban J connectivity index is 2.45. The third kappa shape index (κ3) is 2.35. The molecule has 1 aromatic carbocycles. The number of rotatable bonds is 2. The Bertz CT molecular complexity index is 523. The van der Waals surface area contributed by atoms with E-state index in [0.29, 0.717) is 0 Å². The lowest BCUT2D eigenvalue weighted by molar-refractivity contribution is -0.136. The normalized spacial score (nSPS) is 22.3. The summed E-state index contributed by atoms with van der Waals surface area (Å²) in [4.78, 5) is 26.1. The van der Waals surface area contributed by atoms with E-state index in [-0.39, 0.29) is 11.8 Å². The van der Waals surface area contributed by atoms with E-state index >= 15 is 0 Å². The molecular formula is C15H20N2O2. The molecule has 1 aliphatic rings. The van der Waals surface area contributed by atoms with Gasteiger partial charge in [-0.25, -0.2) is 0 Å². The molecule has 0 radical (unpaired) electrons. The first kappa shape index (κ1) is 13.6. The lowest BCUT2D eigenvalue weighted by Crippen LogP contribution is -2.67. The van der Waals surface area contributed by atoms with E-state index in [1.807, 2.05) is 24.3 Å². The van der Waals surface area contributed by atoms with Crippen LogP contribution in [-0.2, 0) is 16.0 Å². The standard InChI is InChI=1S/C15H20N2O2/c1-5-11-7-6-8-12(9-11)17-10(2)13(18)16-15(3,4)14(17)19/h6-10H,5H2,1-4H3,(H,16,18). The van der Waals surface area contributed by atoms with Crippen molar-refractivity contribution < 1.29 is 9.59 Å². The van der Waals surface area contributed by atoms with Gasteiger partial charge in [0, 0.05) is 5.69 Å². The van der Waals surface area contributed by atoms with Crippen molar-refractivity contribution in [1.82, 2.24) is 5.32 Å². The second-order valence-corrected chi connectivity index (χ2v) is 5.49. The number of carbonyl (C=O) groups excluding carboxylic acids is 2. The van der Waals surface area contributed by atoms with Gasteiger partial charge in [-0.15, -0.1) is 0 Å². The fraction of sp³-hybridized carbons (Fsp3) is 0.467. The van der Waals surface area contributed by atoms with Crippen molar-refractivity contribution in [3.63, 3.8) is 0 Å². The quantitative estimate of drug-likeness (QED) is 0.882. The summed E-state index contributed by atoms with van der Waals surface area (Å²) in [6.45, 7) is 7.28. The molecule has 0 saturated carbocycles. The summed E-state index contributed by atoms with van der Waals surface area (Å²) in [7, 11) is 0. The number of piperazine rings is 1. The molecule has 19 heavy (non-hydrogen) atoms. The van der Waals surface area contributed by atoms with Crippen molar-refractivity contribution in [2.24, 2.45) is 0 Å². The molecule has 1 fully saturated rings. The molecule has 4 nitrogen and oxygen atoms in total. The van der Waals surface area contributed by atoms with Gasteiger partial charge in [0.25, 0.3) is 5.91 Å². The van der Waals surface area contributed by atoms with Crippen LogP contribution >= 0.6 is 0 Å². The van der Waals surface area contributed by atoms with Crippen LogP contribution in [-0.4, -0.2) is 23.4 Å². The highest BCUT2D eigenvalue weighted by atomic mass is 16.2. The van der Waals surface area contributed by atoms with E-state index in [1.165, 1.54) is 0 Å². The van der Waals surface area contributed by atoms with Gasteiger partial charge in [-0.2, -0.15) is 0 Å². The summed E-state index contributed by atoms with van der Waals surface area (Å²) in [5, 5.41) is 2.75. The molecule has 1 saturated heterocycles. The highest BCUT2D eigenvalue weighted by molar-refractivity contribution is 6.10. The van der Waals surface area contributed by atoms with Crippen molar-refractivity contribution in [3.05, 3.63) is 29.8 Å². The number of benzene rings is 1. The molecule has 0 spiro atoms. The van der Waals surface area contributed by atoms with Crippen molar-refractivity contribution in [3.8, 4) is 0 Å². The Morgan fingerprint density at radius 1 is 1.32 bits per heavy atom. The van der Waals surface area contributed by atoms with Crippen LogP contribution in [0.1, 0.15) is 33.3 Å². The van der Waals surface area contributed by atoms with Gasteiger partial charge in [0.05, 0.1) is 0 Å². The van der Waals surface area contributed by atoms with Gasteiger partial charge in [0.2, 0.25) is 5.91 Å². The molecule has 0 aromatic heterocycles. The maximum Gasteiger partial charge on any atom is 0.252 e. The Hall–Kier alpha value is -1.84. The largest absolute Gasteiger partial charge is 0.340 e. The highest BCUT2D eigenvalue weighted by Crippen LogP contribution is 2.26. The van der Waals surface area contributed by atoms with Crippen LogP contribution in [0.15, 0.2) is 24.3 Å². The van der Waals surface area contributed by atoms with Crippen LogP contribution in [0.3, 0.4) is 0 Å². The average Bonchev–Trinajstić information content (AvgIpc) is 2.37. The molecule has 1 unspecified atom stereocenters. The summed E-state index contributed by atoms with van der Waals surface area (Å²) in [6.07, 6.45) is 0.903.